The van der Waals surface area contributed by atoms with E-state index < -0.39 is 5.82 Å². The molecule has 0 bridgehead atoms. The van der Waals surface area contributed by atoms with Crippen LogP contribution in [0.3, 0.4) is 0 Å². The Balaban J connectivity index is 2.08. The summed E-state index contributed by atoms with van der Waals surface area (Å²) < 4.78 is 18.7. The summed E-state index contributed by atoms with van der Waals surface area (Å²) in [5, 5.41) is 3.18. The molecule has 0 aliphatic heterocycles. The van der Waals surface area contributed by atoms with Crippen LogP contribution in [0, 0.1) is 12.7 Å². The summed E-state index contributed by atoms with van der Waals surface area (Å²) in [5.74, 6) is 0.558. The third-order valence-corrected chi connectivity index (χ3v) is 2.91. The number of aromatic nitrogens is 2. The summed E-state index contributed by atoms with van der Waals surface area (Å²) in [5.41, 5.74) is 1.65. The van der Waals surface area contributed by atoms with Crippen molar-refractivity contribution in [1.29, 1.82) is 0 Å². The normalized spacial score (nSPS) is 10.8. The average Bonchev–Trinajstić information content (AvgIpc) is 2.39. The van der Waals surface area contributed by atoms with Crippen molar-refractivity contribution in [1.82, 2.24) is 9.97 Å². The first-order chi connectivity index (χ1) is 9.94. The summed E-state index contributed by atoms with van der Waals surface area (Å²) in [6.07, 6.45) is 0.0445. The molecular formula is C15H17ClFN3O. The lowest BCUT2D eigenvalue weighted by atomic mass is 10.2. The number of halogens is 2. The van der Waals surface area contributed by atoms with Gasteiger partial charge in [0.25, 0.3) is 0 Å². The van der Waals surface area contributed by atoms with Crippen molar-refractivity contribution in [2.24, 2.45) is 0 Å². The van der Waals surface area contributed by atoms with Gasteiger partial charge in [-0.05, 0) is 38.5 Å². The molecule has 2 aromatic rings. The summed E-state index contributed by atoms with van der Waals surface area (Å²) in [7, 11) is 0. The Bertz CT molecular complexity index is 634. The number of nitrogens with zero attached hydrogens (tertiary/aromatic N) is 2. The number of ether oxygens (including phenoxy) is 1. The minimum atomic E-state index is -0.431. The Morgan fingerprint density at radius 1 is 1.29 bits per heavy atom. The van der Waals surface area contributed by atoms with E-state index >= 15 is 0 Å². The highest BCUT2D eigenvalue weighted by Gasteiger charge is 2.06. The number of benzene rings is 1. The first-order valence-corrected chi connectivity index (χ1v) is 7.02. The molecule has 2 rings (SSSR count). The van der Waals surface area contributed by atoms with Crippen LogP contribution in [0.2, 0.25) is 5.02 Å². The zero-order chi connectivity index (χ0) is 15.4. The van der Waals surface area contributed by atoms with E-state index in [2.05, 4.69) is 15.3 Å². The van der Waals surface area contributed by atoms with Gasteiger partial charge >= 0.3 is 0 Å². The zero-order valence-corrected chi connectivity index (χ0v) is 12.9. The van der Waals surface area contributed by atoms with E-state index in [9.17, 15) is 4.39 Å². The van der Waals surface area contributed by atoms with E-state index in [0.29, 0.717) is 18.4 Å². The lowest BCUT2D eigenvalue weighted by Gasteiger charge is -2.11. The predicted octanol–water partition coefficient (Wildman–Crippen LogP) is 3.98. The molecule has 0 fully saturated rings. The van der Waals surface area contributed by atoms with Crippen molar-refractivity contribution in [3.8, 4) is 5.88 Å². The van der Waals surface area contributed by atoms with Gasteiger partial charge in [-0.2, -0.15) is 4.98 Å². The van der Waals surface area contributed by atoms with Gasteiger partial charge in [-0.1, -0.05) is 17.7 Å². The van der Waals surface area contributed by atoms with Crippen molar-refractivity contribution >= 4 is 17.5 Å². The fourth-order valence-electron chi connectivity index (χ4n) is 1.75. The summed E-state index contributed by atoms with van der Waals surface area (Å²) in [6.45, 7) is 6.19. The molecule has 0 spiro atoms. The molecule has 0 atom stereocenters. The molecular weight excluding hydrogens is 293 g/mol. The molecule has 0 radical (unpaired) electrons. The quantitative estimate of drug-likeness (QED) is 0.907. The minimum absolute atomic E-state index is 0.0445. The number of hydrogen-bond donors (Lipinski definition) is 1. The van der Waals surface area contributed by atoms with Gasteiger partial charge in [-0.15, -0.1) is 0 Å². The second kappa shape index (κ2) is 6.72. The Labute approximate surface area is 128 Å². The fourth-order valence-corrected chi connectivity index (χ4v) is 1.95. The highest BCUT2D eigenvalue weighted by atomic mass is 35.5. The fraction of sp³-hybridized carbons (Fsp3) is 0.333. The Hall–Kier alpha value is -1.88. The lowest BCUT2D eigenvalue weighted by Crippen LogP contribution is -2.10. The number of hydrogen-bond acceptors (Lipinski definition) is 4. The summed E-state index contributed by atoms with van der Waals surface area (Å²) in [6, 6.07) is 6.35. The molecule has 6 heteroatoms. The van der Waals surface area contributed by atoms with Crippen LogP contribution in [0.1, 0.15) is 25.1 Å². The van der Waals surface area contributed by atoms with Crippen LogP contribution in [0.5, 0.6) is 5.88 Å². The Morgan fingerprint density at radius 3 is 2.71 bits per heavy atom. The topological polar surface area (TPSA) is 47.0 Å². The van der Waals surface area contributed by atoms with E-state index in [-0.39, 0.29) is 11.1 Å². The molecule has 1 aromatic heterocycles. The molecule has 112 valence electrons. The second-order valence-electron chi connectivity index (χ2n) is 4.94. The maximum atomic E-state index is 13.1. The van der Waals surface area contributed by atoms with Gasteiger partial charge in [-0.25, -0.2) is 9.37 Å². The smallest absolute Gasteiger partial charge is 0.226 e. The maximum absolute atomic E-state index is 13.1. The van der Waals surface area contributed by atoms with Crippen molar-refractivity contribution in [2.45, 2.75) is 33.4 Å². The number of anilines is 1. The van der Waals surface area contributed by atoms with Crippen LogP contribution in [-0.2, 0) is 6.54 Å². The summed E-state index contributed by atoms with van der Waals surface area (Å²) in [4.78, 5) is 8.56. The minimum Gasteiger partial charge on any atom is -0.475 e. The third-order valence-electron chi connectivity index (χ3n) is 2.62. The summed E-state index contributed by atoms with van der Waals surface area (Å²) >= 11 is 5.75. The molecule has 1 heterocycles. The van der Waals surface area contributed by atoms with Gasteiger partial charge in [0.1, 0.15) is 5.82 Å². The van der Waals surface area contributed by atoms with Crippen LogP contribution in [0.15, 0.2) is 24.3 Å². The standard InChI is InChI=1S/C15H17ClFN3O/c1-9(2)21-14-6-10(3)19-15(20-14)18-8-11-4-5-13(17)12(16)7-11/h4-7,9H,8H2,1-3H3,(H,18,19,20). The van der Waals surface area contributed by atoms with Crippen LogP contribution in [-0.4, -0.2) is 16.1 Å². The highest BCUT2D eigenvalue weighted by Crippen LogP contribution is 2.18. The van der Waals surface area contributed by atoms with Crippen LogP contribution in [0.25, 0.3) is 0 Å². The van der Waals surface area contributed by atoms with Gasteiger partial charge in [0.15, 0.2) is 0 Å². The predicted molar refractivity (Wildman–Crippen MR) is 81.3 cm³/mol. The first kappa shape index (κ1) is 15.5. The largest absolute Gasteiger partial charge is 0.475 e. The van der Waals surface area contributed by atoms with Gasteiger partial charge < -0.3 is 10.1 Å². The number of rotatable bonds is 5. The van der Waals surface area contributed by atoms with Crippen LogP contribution >= 0.6 is 11.6 Å². The van der Waals surface area contributed by atoms with Gasteiger partial charge in [0.2, 0.25) is 11.8 Å². The molecule has 0 aliphatic carbocycles. The third kappa shape index (κ3) is 4.56. The molecule has 0 unspecified atom stereocenters. The van der Waals surface area contributed by atoms with E-state index in [1.54, 1.807) is 18.2 Å². The van der Waals surface area contributed by atoms with Crippen LogP contribution in [0.4, 0.5) is 10.3 Å². The van der Waals surface area contributed by atoms with Gasteiger partial charge in [0.05, 0.1) is 11.1 Å². The SMILES string of the molecule is Cc1cc(OC(C)C)nc(NCc2ccc(F)c(Cl)c2)n1. The molecule has 1 aromatic carbocycles. The molecule has 0 saturated carbocycles. The average molecular weight is 310 g/mol. The molecule has 0 saturated heterocycles. The Kier molecular flexibility index (Phi) is 4.96. The highest BCUT2D eigenvalue weighted by molar-refractivity contribution is 6.30. The monoisotopic (exact) mass is 309 g/mol. The van der Waals surface area contributed by atoms with Crippen molar-refractivity contribution in [3.05, 3.63) is 46.4 Å². The van der Waals surface area contributed by atoms with Crippen molar-refractivity contribution < 1.29 is 9.13 Å². The molecule has 4 nitrogen and oxygen atoms in total. The van der Waals surface area contributed by atoms with Gasteiger partial charge in [0, 0.05) is 18.3 Å². The van der Waals surface area contributed by atoms with E-state index in [4.69, 9.17) is 16.3 Å². The maximum Gasteiger partial charge on any atom is 0.226 e. The molecule has 21 heavy (non-hydrogen) atoms. The van der Waals surface area contributed by atoms with Crippen LogP contribution < -0.4 is 10.1 Å². The zero-order valence-electron chi connectivity index (χ0n) is 12.2. The Morgan fingerprint density at radius 2 is 2.05 bits per heavy atom. The molecule has 0 amide bonds. The van der Waals surface area contributed by atoms with E-state index in [1.807, 2.05) is 20.8 Å². The molecule has 1 N–H and O–H groups in total. The number of nitrogens with one attached hydrogen (secondary N) is 1. The lowest BCUT2D eigenvalue weighted by molar-refractivity contribution is 0.232. The van der Waals surface area contributed by atoms with E-state index in [1.165, 1.54) is 6.07 Å². The number of aryl methyl sites for hydroxylation is 1. The second-order valence-corrected chi connectivity index (χ2v) is 5.35. The molecule has 0 aliphatic rings. The van der Waals surface area contributed by atoms with Crippen molar-refractivity contribution in [2.75, 3.05) is 5.32 Å². The van der Waals surface area contributed by atoms with Gasteiger partial charge in [-0.3, -0.25) is 0 Å². The first-order valence-electron chi connectivity index (χ1n) is 6.64. The van der Waals surface area contributed by atoms with Crippen molar-refractivity contribution in [3.63, 3.8) is 0 Å². The van der Waals surface area contributed by atoms with E-state index in [0.717, 1.165) is 11.3 Å².